The fraction of sp³-hybridized carbons (Fsp3) is 0.500. The van der Waals surface area contributed by atoms with Crippen LogP contribution in [0.2, 0.25) is 0 Å². The molecule has 3 N–H and O–H groups in total. The van der Waals surface area contributed by atoms with Crippen molar-refractivity contribution in [2.24, 2.45) is 11.7 Å². The van der Waals surface area contributed by atoms with Crippen molar-refractivity contribution >= 4 is 34.6 Å². The number of rotatable bonds is 6. The smallest absolute Gasteiger partial charge is 0.332 e. The zero-order valence-electron chi connectivity index (χ0n) is 24.3. The molecule has 0 radical (unpaired) electrons. The van der Waals surface area contributed by atoms with Gasteiger partial charge in [0.05, 0.1) is 26.3 Å². The molecule has 5 rings (SSSR count). The number of carbonyl (C=O) groups excluding carboxylic acids is 3. The van der Waals surface area contributed by atoms with Gasteiger partial charge >= 0.3 is 5.97 Å². The second-order valence-corrected chi connectivity index (χ2v) is 11.3. The van der Waals surface area contributed by atoms with Crippen LogP contribution in [-0.2, 0) is 19.1 Å². The van der Waals surface area contributed by atoms with E-state index in [1.54, 1.807) is 26.3 Å². The molecular weight excluding hydrogens is 536 g/mol. The van der Waals surface area contributed by atoms with Gasteiger partial charge in [0.15, 0.2) is 0 Å². The Morgan fingerprint density at radius 1 is 1.29 bits per heavy atom. The fourth-order valence-electron chi connectivity index (χ4n) is 6.07. The molecule has 2 fully saturated rings. The predicted molar refractivity (Wildman–Crippen MR) is 159 cm³/mol. The topological polar surface area (TPSA) is 133 Å². The van der Waals surface area contributed by atoms with E-state index in [9.17, 15) is 14.4 Å². The number of esters is 1. The average molecular weight is 577 g/mol. The van der Waals surface area contributed by atoms with Crippen molar-refractivity contribution in [1.82, 2.24) is 15.2 Å². The Kier molecular flexibility index (Phi) is 8.82. The maximum absolute atomic E-state index is 13.8. The third kappa shape index (κ3) is 5.86. The first-order chi connectivity index (χ1) is 20.3. The van der Waals surface area contributed by atoms with Crippen molar-refractivity contribution in [3.8, 4) is 11.6 Å². The largest absolute Gasteiger partial charge is 0.496 e. The maximum Gasteiger partial charge on any atom is 0.332 e. The van der Waals surface area contributed by atoms with Crippen LogP contribution in [0.15, 0.2) is 43.1 Å². The van der Waals surface area contributed by atoms with Crippen molar-refractivity contribution in [2.75, 3.05) is 20.3 Å². The number of carbonyl (C=O) groups is 3. The molecule has 3 heterocycles. The summed E-state index contributed by atoms with van der Waals surface area (Å²) in [5.41, 5.74) is 6.02. The normalized spacial score (nSPS) is 28.1. The number of nitrogens with two attached hydrogens (primary N) is 1. The number of hydrogen-bond donors (Lipinski definition) is 2. The highest BCUT2D eigenvalue weighted by Gasteiger charge is 2.62. The highest BCUT2D eigenvalue weighted by Crippen LogP contribution is 2.46. The van der Waals surface area contributed by atoms with Crippen LogP contribution in [0.1, 0.15) is 57.4 Å². The van der Waals surface area contributed by atoms with Gasteiger partial charge in [-0.15, -0.1) is 0 Å². The number of ether oxygens (including phenoxy) is 3. The Bertz CT molecular complexity index is 1390. The number of aromatic nitrogens is 1. The summed E-state index contributed by atoms with van der Waals surface area (Å²) in [5, 5.41) is 4.61. The molecule has 42 heavy (non-hydrogen) atoms. The third-order valence-electron chi connectivity index (χ3n) is 8.50. The molecule has 5 atom stereocenters. The maximum atomic E-state index is 13.8. The van der Waals surface area contributed by atoms with Gasteiger partial charge < -0.3 is 30.2 Å². The van der Waals surface area contributed by atoms with Crippen molar-refractivity contribution in [3.05, 3.63) is 48.7 Å². The van der Waals surface area contributed by atoms with Gasteiger partial charge in [-0.05, 0) is 56.2 Å². The monoisotopic (exact) mass is 576 g/mol. The van der Waals surface area contributed by atoms with E-state index in [1.807, 2.05) is 24.3 Å². The summed E-state index contributed by atoms with van der Waals surface area (Å²) in [6, 6.07) is 4.07. The number of hydrogen-bond acceptors (Lipinski definition) is 8. The number of amides is 2. The number of nitrogens with zero attached hydrogens (tertiary/aromatic N) is 2. The molecule has 3 aliphatic rings. The molecule has 10 nitrogen and oxygen atoms in total. The average Bonchev–Trinajstić information content (AvgIpc) is 3.52. The van der Waals surface area contributed by atoms with E-state index in [4.69, 9.17) is 19.9 Å². The third-order valence-corrected chi connectivity index (χ3v) is 8.50. The molecule has 2 aliphatic heterocycles. The Morgan fingerprint density at radius 3 is 2.88 bits per heavy atom. The summed E-state index contributed by atoms with van der Waals surface area (Å²) in [6.45, 7) is 6.00. The summed E-state index contributed by atoms with van der Waals surface area (Å²) in [4.78, 5) is 46.4. The van der Waals surface area contributed by atoms with E-state index in [0.717, 1.165) is 42.0 Å². The van der Waals surface area contributed by atoms with Crippen molar-refractivity contribution in [2.45, 2.75) is 75.6 Å². The second kappa shape index (κ2) is 12.5. The lowest BCUT2D eigenvalue weighted by Crippen LogP contribution is -2.55. The molecule has 2 aromatic rings. The molecule has 0 spiro atoms. The zero-order valence-corrected chi connectivity index (χ0v) is 24.3. The van der Waals surface area contributed by atoms with Gasteiger partial charge in [0.1, 0.15) is 23.4 Å². The Labute approximate surface area is 246 Å². The van der Waals surface area contributed by atoms with E-state index in [-0.39, 0.29) is 31.4 Å². The molecule has 2 amide bonds. The van der Waals surface area contributed by atoms with Crippen LogP contribution in [0, 0.1) is 5.92 Å². The Morgan fingerprint density at radius 2 is 2.12 bits per heavy atom. The number of nitrogens with one attached hydrogen (secondary N) is 1. The predicted octanol–water partition coefficient (Wildman–Crippen LogP) is 3.52. The molecule has 224 valence electrons. The Balaban J connectivity index is 1.43. The molecule has 10 heteroatoms. The van der Waals surface area contributed by atoms with E-state index in [1.165, 1.54) is 4.90 Å². The number of benzene rings is 1. The van der Waals surface area contributed by atoms with Gasteiger partial charge in [-0.2, -0.15) is 0 Å². The minimum atomic E-state index is -1.13. The van der Waals surface area contributed by atoms with Crippen LogP contribution in [0.3, 0.4) is 0 Å². The zero-order chi connectivity index (χ0) is 29.9. The standard InChI is InChI=1S/C32H40N4O6/c1-4-20-15-24-21(16-27(20)40-3)13-14-34-29(24)42-23-17-26-28(37)35-32(31(39)41-5-2)18-22(32)11-9-7-6-8-10-12-25(33)30(38)36(26)19-23/h4,9,11,13-16,22-23,25-26H,1,5-8,10,12,17-19,33H2,2-3H3,(H,35,37)/t22-,23-,25+,26+,32-/m1/s1. The molecular formula is C32H40N4O6. The molecule has 1 saturated heterocycles. The highest BCUT2D eigenvalue weighted by atomic mass is 16.5. The summed E-state index contributed by atoms with van der Waals surface area (Å²) in [6.07, 6.45) is 11.7. The highest BCUT2D eigenvalue weighted by molar-refractivity contribution is 5.96. The van der Waals surface area contributed by atoms with Gasteiger partial charge in [-0.25, -0.2) is 9.78 Å². The molecule has 1 aromatic carbocycles. The van der Waals surface area contributed by atoms with Crippen molar-refractivity contribution in [3.63, 3.8) is 0 Å². The lowest BCUT2D eigenvalue weighted by molar-refractivity contribution is -0.150. The van der Waals surface area contributed by atoms with Crippen LogP contribution in [0.25, 0.3) is 16.8 Å². The summed E-state index contributed by atoms with van der Waals surface area (Å²) in [7, 11) is 1.60. The summed E-state index contributed by atoms with van der Waals surface area (Å²) >= 11 is 0. The molecule has 1 aliphatic carbocycles. The van der Waals surface area contributed by atoms with Gasteiger partial charge in [0.25, 0.3) is 0 Å². The van der Waals surface area contributed by atoms with Gasteiger partial charge in [0, 0.05) is 29.5 Å². The van der Waals surface area contributed by atoms with E-state index >= 15 is 0 Å². The van der Waals surface area contributed by atoms with E-state index in [0.29, 0.717) is 24.5 Å². The van der Waals surface area contributed by atoms with Gasteiger partial charge in [-0.1, -0.05) is 37.6 Å². The van der Waals surface area contributed by atoms with Crippen molar-refractivity contribution < 1.29 is 28.6 Å². The van der Waals surface area contributed by atoms with Gasteiger partial charge in [0.2, 0.25) is 17.7 Å². The second-order valence-electron chi connectivity index (χ2n) is 11.3. The first-order valence-corrected chi connectivity index (χ1v) is 14.8. The number of methoxy groups -OCH3 is 1. The minimum Gasteiger partial charge on any atom is -0.496 e. The van der Waals surface area contributed by atoms with E-state index in [2.05, 4.69) is 23.0 Å². The number of pyridine rings is 1. The van der Waals surface area contributed by atoms with Crippen LogP contribution in [0.5, 0.6) is 11.6 Å². The fourth-order valence-corrected chi connectivity index (χ4v) is 6.07. The first kappa shape index (κ1) is 29.6. The molecule has 0 unspecified atom stereocenters. The lowest BCUT2D eigenvalue weighted by Gasteiger charge is -2.28. The van der Waals surface area contributed by atoms with Crippen LogP contribution < -0.4 is 20.5 Å². The number of allylic oxidation sites excluding steroid dienone is 1. The minimum absolute atomic E-state index is 0.151. The summed E-state index contributed by atoms with van der Waals surface area (Å²) in [5.74, 6) is -0.242. The lowest BCUT2D eigenvalue weighted by atomic mass is 10.1. The molecule has 1 aromatic heterocycles. The summed E-state index contributed by atoms with van der Waals surface area (Å²) < 4.78 is 17.2. The Hall–Kier alpha value is -3.92. The molecule has 0 bridgehead atoms. The van der Waals surface area contributed by atoms with Crippen LogP contribution >= 0.6 is 0 Å². The van der Waals surface area contributed by atoms with Crippen molar-refractivity contribution in [1.29, 1.82) is 0 Å². The van der Waals surface area contributed by atoms with Crippen LogP contribution in [-0.4, -0.2) is 71.7 Å². The van der Waals surface area contributed by atoms with Gasteiger partial charge in [-0.3, -0.25) is 9.59 Å². The van der Waals surface area contributed by atoms with Crippen LogP contribution in [0.4, 0.5) is 0 Å². The number of fused-ring (bicyclic) bond motifs is 3. The SMILES string of the molecule is C=Cc1cc2c(O[C@@H]3C[C@H]4C(=O)N[C@]5(C(=O)OCC)C[C@H]5C=CCCCCC[C@H](N)C(=O)N4C3)nccc2cc1OC. The molecule has 1 saturated carbocycles. The van der Waals surface area contributed by atoms with E-state index < -0.39 is 35.6 Å². The quantitative estimate of drug-likeness (QED) is 0.394. The first-order valence-electron chi connectivity index (χ1n) is 14.8.